The fourth-order valence-electron chi connectivity index (χ4n) is 1.07. The van der Waals surface area contributed by atoms with Crippen LogP contribution in [0.3, 0.4) is 0 Å². The van der Waals surface area contributed by atoms with E-state index in [1.807, 2.05) is 20.8 Å². The minimum Gasteiger partial charge on any atom is -0.373 e. The first-order valence-electron chi connectivity index (χ1n) is 5.74. The molecule has 0 heterocycles. The van der Waals surface area contributed by atoms with Crippen LogP contribution in [0, 0.1) is 0 Å². The van der Waals surface area contributed by atoms with Gasteiger partial charge in [0, 0.05) is 6.54 Å². The van der Waals surface area contributed by atoms with Gasteiger partial charge in [0.25, 0.3) is 0 Å². The van der Waals surface area contributed by atoms with Crippen molar-refractivity contribution in [3.63, 3.8) is 0 Å². The lowest BCUT2D eigenvalue weighted by molar-refractivity contribution is -0.120. The third-order valence-electron chi connectivity index (χ3n) is 2.57. The second kappa shape index (κ2) is 5.83. The molecule has 15 heavy (non-hydrogen) atoms. The Morgan fingerprint density at radius 1 is 1.13 bits per heavy atom. The van der Waals surface area contributed by atoms with Crippen LogP contribution in [0.5, 0.6) is 0 Å². The Bertz CT molecular complexity index is 178. The maximum absolute atomic E-state index is 5.78. The van der Waals surface area contributed by atoms with Crippen LogP contribution in [0.2, 0.25) is 0 Å². The predicted molar refractivity (Wildman–Crippen MR) is 64.0 cm³/mol. The topological polar surface area (TPSA) is 44.5 Å². The lowest BCUT2D eigenvalue weighted by Gasteiger charge is -2.30. The highest BCUT2D eigenvalue weighted by molar-refractivity contribution is 4.72. The summed E-state index contributed by atoms with van der Waals surface area (Å²) in [5.41, 5.74) is 5.27. The molecule has 0 aromatic heterocycles. The van der Waals surface area contributed by atoms with Crippen LogP contribution in [0.4, 0.5) is 0 Å². The Labute approximate surface area is 94.3 Å². The van der Waals surface area contributed by atoms with Gasteiger partial charge >= 0.3 is 0 Å². The molecule has 1 unspecified atom stereocenters. The zero-order valence-corrected chi connectivity index (χ0v) is 11.1. The third kappa shape index (κ3) is 6.88. The quantitative estimate of drug-likeness (QED) is 0.712. The van der Waals surface area contributed by atoms with Crippen molar-refractivity contribution in [3.05, 3.63) is 0 Å². The van der Waals surface area contributed by atoms with Gasteiger partial charge in [-0.15, -0.1) is 0 Å². The smallest absolute Gasteiger partial charge is 0.0788 e. The first-order valence-corrected chi connectivity index (χ1v) is 5.74. The first kappa shape index (κ1) is 14.9. The van der Waals surface area contributed by atoms with E-state index in [0.717, 1.165) is 6.42 Å². The molecule has 0 aliphatic rings. The van der Waals surface area contributed by atoms with Gasteiger partial charge < -0.3 is 15.2 Å². The molecular formula is C12H27NO2. The van der Waals surface area contributed by atoms with Crippen molar-refractivity contribution in [1.82, 2.24) is 0 Å². The SMILES string of the molecule is CCC(C)(C)OCC(C)OC(C)(C)CN. The zero-order chi connectivity index (χ0) is 12.1. The third-order valence-corrected chi connectivity index (χ3v) is 2.57. The Morgan fingerprint density at radius 2 is 1.67 bits per heavy atom. The average molecular weight is 217 g/mol. The van der Waals surface area contributed by atoms with Crippen LogP contribution in [-0.4, -0.2) is 30.5 Å². The Kier molecular flexibility index (Phi) is 5.78. The molecule has 0 aromatic rings. The van der Waals surface area contributed by atoms with E-state index in [1.54, 1.807) is 0 Å². The maximum atomic E-state index is 5.78. The van der Waals surface area contributed by atoms with Crippen LogP contribution in [0.1, 0.15) is 48.0 Å². The highest BCUT2D eigenvalue weighted by Crippen LogP contribution is 2.16. The molecule has 1 atom stereocenters. The summed E-state index contributed by atoms with van der Waals surface area (Å²) in [6, 6.07) is 0. The highest BCUT2D eigenvalue weighted by atomic mass is 16.6. The summed E-state index contributed by atoms with van der Waals surface area (Å²) in [6.45, 7) is 13.4. The second-order valence-electron chi connectivity index (χ2n) is 5.32. The summed E-state index contributed by atoms with van der Waals surface area (Å²) in [5, 5.41) is 0. The molecule has 3 heteroatoms. The molecule has 3 nitrogen and oxygen atoms in total. The lowest BCUT2D eigenvalue weighted by Crippen LogP contribution is -2.39. The van der Waals surface area contributed by atoms with Crippen LogP contribution in [0.25, 0.3) is 0 Å². The maximum Gasteiger partial charge on any atom is 0.0788 e. The van der Waals surface area contributed by atoms with Crippen molar-refractivity contribution in [2.45, 2.75) is 65.3 Å². The van der Waals surface area contributed by atoms with E-state index in [0.29, 0.717) is 13.2 Å². The van der Waals surface area contributed by atoms with Crippen LogP contribution >= 0.6 is 0 Å². The number of hydrogen-bond acceptors (Lipinski definition) is 3. The minimum atomic E-state index is -0.265. The molecule has 0 aliphatic carbocycles. The van der Waals surface area contributed by atoms with Gasteiger partial charge in [-0.05, 0) is 41.0 Å². The monoisotopic (exact) mass is 217 g/mol. The van der Waals surface area contributed by atoms with Gasteiger partial charge in [-0.3, -0.25) is 0 Å². The molecule has 0 radical (unpaired) electrons. The molecule has 0 saturated carbocycles. The summed E-state index contributed by atoms with van der Waals surface area (Å²) in [6.07, 6.45) is 1.08. The van der Waals surface area contributed by atoms with Crippen molar-refractivity contribution in [3.8, 4) is 0 Å². The Hall–Kier alpha value is -0.120. The van der Waals surface area contributed by atoms with Crippen LogP contribution < -0.4 is 5.73 Å². The molecule has 0 amide bonds. The van der Waals surface area contributed by atoms with Gasteiger partial charge in [0.2, 0.25) is 0 Å². The number of ether oxygens (including phenoxy) is 2. The molecule has 0 aromatic carbocycles. The Balaban J connectivity index is 3.90. The van der Waals surface area contributed by atoms with E-state index in [1.165, 1.54) is 0 Å². The van der Waals surface area contributed by atoms with Crippen LogP contribution in [-0.2, 0) is 9.47 Å². The van der Waals surface area contributed by atoms with Crippen molar-refractivity contribution >= 4 is 0 Å². The normalized spacial score (nSPS) is 15.4. The summed E-state index contributed by atoms with van der Waals surface area (Å²) >= 11 is 0. The second-order valence-corrected chi connectivity index (χ2v) is 5.32. The van der Waals surface area contributed by atoms with Gasteiger partial charge in [-0.25, -0.2) is 0 Å². The van der Waals surface area contributed by atoms with E-state index in [4.69, 9.17) is 15.2 Å². The molecule has 0 saturated heterocycles. The molecule has 0 fully saturated rings. The Morgan fingerprint density at radius 3 is 2.07 bits per heavy atom. The number of nitrogens with two attached hydrogens (primary N) is 1. The number of hydrogen-bond donors (Lipinski definition) is 1. The fourth-order valence-corrected chi connectivity index (χ4v) is 1.07. The summed E-state index contributed by atoms with van der Waals surface area (Å²) < 4.78 is 11.5. The van der Waals surface area contributed by atoms with Gasteiger partial charge in [0.15, 0.2) is 0 Å². The summed E-state index contributed by atoms with van der Waals surface area (Å²) in [4.78, 5) is 0. The van der Waals surface area contributed by atoms with Gasteiger partial charge in [-0.2, -0.15) is 0 Å². The fraction of sp³-hybridized carbons (Fsp3) is 1.00. The highest BCUT2D eigenvalue weighted by Gasteiger charge is 2.22. The van der Waals surface area contributed by atoms with Crippen molar-refractivity contribution in [2.75, 3.05) is 13.2 Å². The molecule has 92 valence electrons. The zero-order valence-electron chi connectivity index (χ0n) is 11.1. The predicted octanol–water partition coefficient (Wildman–Crippen LogP) is 2.33. The average Bonchev–Trinajstić information content (AvgIpc) is 2.15. The molecule has 0 bridgehead atoms. The van der Waals surface area contributed by atoms with E-state index >= 15 is 0 Å². The lowest BCUT2D eigenvalue weighted by atomic mass is 10.1. The van der Waals surface area contributed by atoms with E-state index in [2.05, 4.69) is 20.8 Å². The summed E-state index contributed by atoms with van der Waals surface area (Å²) in [7, 11) is 0. The standard InChI is InChI=1S/C12H27NO2/c1-7-11(3,4)14-8-10(2)15-12(5,6)9-13/h10H,7-9,13H2,1-6H3. The molecular weight excluding hydrogens is 190 g/mol. The first-order chi connectivity index (χ1) is 6.72. The summed E-state index contributed by atoms with van der Waals surface area (Å²) in [5.74, 6) is 0. The largest absolute Gasteiger partial charge is 0.373 e. The van der Waals surface area contributed by atoms with E-state index in [-0.39, 0.29) is 17.3 Å². The molecule has 0 aliphatic heterocycles. The van der Waals surface area contributed by atoms with E-state index < -0.39 is 0 Å². The molecule has 0 spiro atoms. The van der Waals surface area contributed by atoms with Crippen molar-refractivity contribution < 1.29 is 9.47 Å². The van der Waals surface area contributed by atoms with Gasteiger partial charge in [-0.1, -0.05) is 6.92 Å². The minimum absolute atomic E-state index is 0.0650. The van der Waals surface area contributed by atoms with E-state index in [9.17, 15) is 0 Å². The molecule has 2 N–H and O–H groups in total. The van der Waals surface area contributed by atoms with Crippen molar-refractivity contribution in [2.24, 2.45) is 5.73 Å². The molecule has 0 rings (SSSR count). The van der Waals surface area contributed by atoms with Crippen molar-refractivity contribution in [1.29, 1.82) is 0 Å². The van der Waals surface area contributed by atoms with Crippen LogP contribution in [0.15, 0.2) is 0 Å². The number of rotatable bonds is 7. The van der Waals surface area contributed by atoms with Gasteiger partial charge in [0.1, 0.15) is 0 Å². The van der Waals surface area contributed by atoms with Gasteiger partial charge in [0.05, 0.1) is 23.9 Å².